The van der Waals surface area contributed by atoms with Crippen LogP contribution < -0.4 is 0 Å². The van der Waals surface area contributed by atoms with E-state index in [4.69, 9.17) is 0 Å². The lowest BCUT2D eigenvalue weighted by Crippen LogP contribution is -2.19. The molecule has 2 aromatic heterocycles. The van der Waals surface area contributed by atoms with Crippen LogP contribution in [0.2, 0.25) is 0 Å². The van der Waals surface area contributed by atoms with Crippen LogP contribution in [0.1, 0.15) is 49.5 Å². The molecule has 0 saturated heterocycles. The van der Waals surface area contributed by atoms with Crippen molar-refractivity contribution in [3.63, 3.8) is 0 Å². The predicted molar refractivity (Wildman–Crippen MR) is 114 cm³/mol. The van der Waals surface area contributed by atoms with E-state index in [0.717, 1.165) is 35.0 Å². The lowest BCUT2D eigenvalue weighted by atomic mass is 9.77. The van der Waals surface area contributed by atoms with Gasteiger partial charge in [0.25, 0.3) is 0 Å². The number of pyridine rings is 1. The quantitative estimate of drug-likeness (QED) is 0.613. The van der Waals surface area contributed by atoms with E-state index in [1.54, 1.807) is 10.9 Å². The molecule has 2 aliphatic carbocycles. The van der Waals surface area contributed by atoms with Crippen molar-refractivity contribution in [1.29, 1.82) is 0 Å². The van der Waals surface area contributed by atoms with Gasteiger partial charge in [0, 0.05) is 17.7 Å². The molecule has 0 radical (unpaired) electrons. The summed E-state index contributed by atoms with van der Waals surface area (Å²) >= 11 is 0. The molecule has 1 aromatic carbocycles. The number of aromatic nitrogens is 5. The van der Waals surface area contributed by atoms with Crippen LogP contribution in [-0.2, 0) is 7.05 Å². The van der Waals surface area contributed by atoms with E-state index in [0.29, 0.717) is 17.8 Å². The Kier molecular flexibility index (Phi) is 5.15. The van der Waals surface area contributed by atoms with Crippen molar-refractivity contribution in [1.82, 2.24) is 25.2 Å². The number of benzene rings is 1. The molecule has 0 unspecified atom stereocenters. The van der Waals surface area contributed by atoms with Gasteiger partial charge in [0.15, 0.2) is 5.82 Å². The van der Waals surface area contributed by atoms with E-state index in [1.807, 2.05) is 31.4 Å². The monoisotopic (exact) mass is 403 g/mol. The standard InChI is InChI=1S/C24H26FN5/c1-30-28-24(27-29-30)23-14-17-5-2-3-8-21(17)22(23)12-11-20-10-9-18(15-26-20)16-6-4-7-19(25)13-16/h4,6-7,9-13,15,17,21-23H,2-3,5,8,14H2,1H3/b12-11+/t17-,21-,22+,23+/m1/s1. The van der Waals surface area contributed by atoms with Gasteiger partial charge < -0.3 is 0 Å². The highest BCUT2D eigenvalue weighted by Gasteiger charge is 2.44. The van der Waals surface area contributed by atoms with Gasteiger partial charge in [-0.05, 0) is 65.6 Å². The van der Waals surface area contributed by atoms with Gasteiger partial charge in [-0.2, -0.15) is 4.80 Å². The normalized spacial score (nSPS) is 26.2. The number of halogens is 1. The third-order valence-corrected chi connectivity index (χ3v) is 6.77. The number of aryl methyl sites for hydroxylation is 1. The molecule has 0 aliphatic heterocycles. The van der Waals surface area contributed by atoms with Crippen molar-refractivity contribution in [3.8, 4) is 11.1 Å². The Balaban J connectivity index is 1.38. The number of hydrogen-bond donors (Lipinski definition) is 0. The molecular formula is C24H26FN5. The second-order valence-corrected chi connectivity index (χ2v) is 8.61. The fourth-order valence-electron chi connectivity index (χ4n) is 5.37. The first kappa shape index (κ1) is 19.1. The Hall–Kier alpha value is -2.89. The first-order valence-corrected chi connectivity index (χ1v) is 10.8. The number of hydrogen-bond acceptors (Lipinski definition) is 4. The van der Waals surface area contributed by atoms with E-state index in [1.165, 1.54) is 37.8 Å². The van der Waals surface area contributed by atoms with Gasteiger partial charge in [0.2, 0.25) is 0 Å². The molecule has 0 spiro atoms. The van der Waals surface area contributed by atoms with Crippen molar-refractivity contribution >= 4 is 6.08 Å². The molecular weight excluding hydrogens is 377 g/mol. The van der Waals surface area contributed by atoms with Gasteiger partial charge in [0.1, 0.15) is 5.82 Å². The first-order valence-electron chi connectivity index (χ1n) is 10.8. The summed E-state index contributed by atoms with van der Waals surface area (Å²) in [5.41, 5.74) is 2.68. The minimum Gasteiger partial charge on any atom is -0.256 e. The minimum atomic E-state index is -0.233. The Morgan fingerprint density at radius 3 is 2.77 bits per heavy atom. The smallest absolute Gasteiger partial charge is 0.178 e. The zero-order chi connectivity index (χ0) is 20.5. The van der Waals surface area contributed by atoms with E-state index in [9.17, 15) is 4.39 Å². The fraction of sp³-hybridized carbons (Fsp3) is 0.417. The highest BCUT2D eigenvalue weighted by molar-refractivity contribution is 5.63. The molecule has 2 heterocycles. The summed E-state index contributed by atoms with van der Waals surface area (Å²) in [6.07, 6.45) is 12.6. The summed E-state index contributed by atoms with van der Waals surface area (Å²) in [5, 5.41) is 12.9. The zero-order valence-corrected chi connectivity index (χ0v) is 17.2. The molecule has 30 heavy (non-hydrogen) atoms. The van der Waals surface area contributed by atoms with Crippen LogP contribution in [0, 0.1) is 23.6 Å². The minimum absolute atomic E-state index is 0.233. The summed E-state index contributed by atoms with van der Waals surface area (Å²) in [5.74, 6) is 2.83. The van der Waals surface area contributed by atoms with Crippen LogP contribution in [0.25, 0.3) is 17.2 Å². The van der Waals surface area contributed by atoms with Crippen LogP contribution in [-0.4, -0.2) is 25.2 Å². The zero-order valence-electron chi connectivity index (χ0n) is 17.2. The molecule has 2 saturated carbocycles. The lowest BCUT2D eigenvalue weighted by Gasteiger charge is -2.28. The maximum atomic E-state index is 13.5. The van der Waals surface area contributed by atoms with Crippen LogP contribution in [0.15, 0.2) is 48.7 Å². The van der Waals surface area contributed by atoms with Crippen LogP contribution in [0.5, 0.6) is 0 Å². The lowest BCUT2D eigenvalue weighted by molar-refractivity contribution is 0.249. The van der Waals surface area contributed by atoms with Crippen LogP contribution in [0.4, 0.5) is 4.39 Å². The predicted octanol–water partition coefficient (Wildman–Crippen LogP) is 5.03. The van der Waals surface area contributed by atoms with Crippen molar-refractivity contribution in [2.75, 3.05) is 0 Å². The Bertz CT molecular complexity index is 1040. The molecule has 3 aromatic rings. The van der Waals surface area contributed by atoms with Crippen molar-refractivity contribution in [2.45, 2.75) is 38.0 Å². The summed E-state index contributed by atoms with van der Waals surface area (Å²) < 4.78 is 13.5. The van der Waals surface area contributed by atoms with E-state index in [-0.39, 0.29) is 5.82 Å². The highest BCUT2D eigenvalue weighted by atomic mass is 19.1. The Morgan fingerprint density at radius 2 is 2.00 bits per heavy atom. The summed E-state index contributed by atoms with van der Waals surface area (Å²) in [4.78, 5) is 6.15. The van der Waals surface area contributed by atoms with Gasteiger partial charge in [-0.1, -0.05) is 43.5 Å². The SMILES string of the molecule is Cn1nnc([C@H]2C[C@H]3CCCC[C@H]3[C@@H]2/C=C/c2ccc(-c3cccc(F)c3)cn2)n1. The van der Waals surface area contributed by atoms with Crippen molar-refractivity contribution in [2.24, 2.45) is 24.8 Å². The molecule has 5 nitrogen and oxygen atoms in total. The van der Waals surface area contributed by atoms with E-state index in [2.05, 4.69) is 32.5 Å². The van der Waals surface area contributed by atoms with Crippen molar-refractivity contribution in [3.05, 3.63) is 66.0 Å². The van der Waals surface area contributed by atoms with Crippen LogP contribution >= 0.6 is 0 Å². The maximum Gasteiger partial charge on any atom is 0.178 e. The van der Waals surface area contributed by atoms with E-state index < -0.39 is 0 Å². The number of fused-ring (bicyclic) bond motifs is 1. The average molecular weight is 404 g/mol. The Labute approximate surface area is 176 Å². The third-order valence-electron chi connectivity index (χ3n) is 6.77. The average Bonchev–Trinajstić information content (AvgIpc) is 3.36. The molecule has 154 valence electrons. The van der Waals surface area contributed by atoms with Gasteiger partial charge in [0.05, 0.1) is 12.7 Å². The Morgan fingerprint density at radius 1 is 1.10 bits per heavy atom. The van der Waals surface area contributed by atoms with Gasteiger partial charge >= 0.3 is 0 Å². The molecule has 4 atom stereocenters. The number of allylic oxidation sites excluding steroid dienone is 1. The molecule has 2 fully saturated rings. The second-order valence-electron chi connectivity index (χ2n) is 8.61. The highest BCUT2D eigenvalue weighted by Crippen LogP contribution is 2.52. The molecule has 6 heteroatoms. The maximum absolute atomic E-state index is 13.5. The number of nitrogens with zero attached hydrogens (tertiary/aromatic N) is 5. The third kappa shape index (κ3) is 3.78. The molecule has 0 bridgehead atoms. The number of rotatable bonds is 4. The van der Waals surface area contributed by atoms with Gasteiger partial charge in [-0.3, -0.25) is 4.98 Å². The summed E-state index contributed by atoms with van der Waals surface area (Å²) in [7, 11) is 1.83. The second kappa shape index (κ2) is 8.09. The van der Waals surface area contributed by atoms with Gasteiger partial charge in [-0.15, -0.1) is 10.2 Å². The molecule has 0 N–H and O–H groups in total. The molecule has 2 aliphatic rings. The molecule has 5 rings (SSSR count). The number of tetrazole rings is 1. The fourth-order valence-corrected chi connectivity index (χ4v) is 5.37. The van der Waals surface area contributed by atoms with Crippen LogP contribution in [0.3, 0.4) is 0 Å². The first-order chi connectivity index (χ1) is 14.7. The van der Waals surface area contributed by atoms with Crippen molar-refractivity contribution < 1.29 is 4.39 Å². The largest absolute Gasteiger partial charge is 0.256 e. The van der Waals surface area contributed by atoms with E-state index >= 15 is 0 Å². The summed E-state index contributed by atoms with van der Waals surface area (Å²) in [6, 6.07) is 10.6. The topological polar surface area (TPSA) is 56.5 Å². The molecule has 0 amide bonds. The summed E-state index contributed by atoms with van der Waals surface area (Å²) in [6.45, 7) is 0. The van der Waals surface area contributed by atoms with Gasteiger partial charge in [-0.25, -0.2) is 4.39 Å².